The number of carbonyl (C=O) groups excluding carboxylic acids is 3. The van der Waals surface area contributed by atoms with Crippen LogP contribution in [-0.2, 0) is 20.9 Å². The number of anilines is 2. The van der Waals surface area contributed by atoms with Gasteiger partial charge >= 0.3 is 4.87 Å². The maximum absolute atomic E-state index is 14.0. The fourth-order valence-electron chi connectivity index (χ4n) is 5.77. The average Bonchev–Trinajstić information content (AvgIpc) is 3.43. The van der Waals surface area contributed by atoms with Gasteiger partial charge in [-0.3, -0.25) is 23.7 Å². The smallest absolute Gasteiger partial charge is 0.308 e. The summed E-state index contributed by atoms with van der Waals surface area (Å²) in [6.07, 6.45) is 0. The molecule has 0 aliphatic carbocycles. The number of benzene rings is 4. The van der Waals surface area contributed by atoms with E-state index in [1.165, 1.54) is 21.2 Å². The van der Waals surface area contributed by atoms with Gasteiger partial charge in [-0.25, -0.2) is 4.90 Å². The molecule has 2 aliphatic rings. The lowest BCUT2D eigenvalue weighted by molar-refractivity contribution is -0.122. The Morgan fingerprint density at radius 3 is 2.42 bits per heavy atom. The van der Waals surface area contributed by atoms with E-state index in [1.54, 1.807) is 24.3 Å². The van der Waals surface area contributed by atoms with Crippen LogP contribution in [0.25, 0.3) is 10.8 Å². The van der Waals surface area contributed by atoms with Crippen molar-refractivity contribution in [3.05, 3.63) is 121 Å². The monoisotopic (exact) mass is 689 g/mol. The normalized spacial score (nSPS) is 19.4. The third kappa shape index (κ3) is 5.02. The van der Waals surface area contributed by atoms with E-state index in [-0.39, 0.29) is 29.1 Å². The lowest BCUT2D eigenvalue weighted by Crippen LogP contribution is -2.33. The molecule has 0 saturated carbocycles. The van der Waals surface area contributed by atoms with Gasteiger partial charge in [-0.2, -0.15) is 0 Å². The highest BCUT2D eigenvalue weighted by Crippen LogP contribution is 2.54. The van der Waals surface area contributed by atoms with Gasteiger partial charge in [0.15, 0.2) is 0 Å². The van der Waals surface area contributed by atoms with Crippen LogP contribution >= 0.6 is 50.6 Å². The second-order valence-corrected chi connectivity index (χ2v) is 13.8. The van der Waals surface area contributed by atoms with Crippen molar-refractivity contribution in [3.8, 4) is 0 Å². The highest BCUT2D eigenvalue weighted by molar-refractivity contribution is 9.10. The van der Waals surface area contributed by atoms with Crippen molar-refractivity contribution in [1.82, 2.24) is 4.57 Å². The maximum Gasteiger partial charge on any atom is 0.308 e. The van der Waals surface area contributed by atoms with Crippen LogP contribution in [0.2, 0.25) is 5.02 Å². The number of nitrogens with zero attached hydrogens (tertiary/aromatic N) is 2. The number of rotatable bonds is 5. The Morgan fingerprint density at radius 2 is 1.65 bits per heavy atom. The fourth-order valence-corrected chi connectivity index (χ4v) is 9.09. The predicted octanol–water partition coefficient (Wildman–Crippen LogP) is 6.91. The van der Waals surface area contributed by atoms with Gasteiger partial charge in [0.1, 0.15) is 11.8 Å². The standard InChI is InChI=1S/C32H21BrClN3O4S2/c33-20-7-3-6-19(14-20)25-26-27(30(40)37(29(26)39)23-12-9-21(34)10-13-23)42-31-28(25)43-32(41)36(31)16-24(38)35-22-11-8-17-4-1-2-5-18(17)15-22/h1-15,25-27H,16H2,(H,35,38)/t25-,26-,27+/m0/s1. The Morgan fingerprint density at radius 1 is 0.884 bits per heavy atom. The molecule has 0 spiro atoms. The van der Waals surface area contributed by atoms with Crippen LogP contribution in [-0.4, -0.2) is 27.5 Å². The molecule has 1 saturated heterocycles. The predicted molar refractivity (Wildman–Crippen MR) is 174 cm³/mol. The third-order valence-corrected chi connectivity index (χ3v) is 11.0. The molecule has 2 aliphatic heterocycles. The van der Waals surface area contributed by atoms with E-state index in [1.807, 2.05) is 66.7 Å². The highest BCUT2D eigenvalue weighted by Gasteiger charge is 2.56. The molecule has 3 heterocycles. The molecule has 1 N–H and O–H groups in total. The molecule has 4 aromatic carbocycles. The summed E-state index contributed by atoms with van der Waals surface area (Å²) in [5.74, 6) is -2.33. The number of carbonyl (C=O) groups is 3. The molecular formula is C32H21BrClN3O4S2. The van der Waals surface area contributed by atoms with E-state index < -0.39 is 17.1 Å². The molecule has 1 aromatic heterocycles. The Labute approximate surface area is 267 Å². The molecule has 43 heavy (non-hydrogen) atoms. The number of nitrogens with one attached hydrogen (secondary N) is 1. The minimum atomic E-state index is -0.775. The molecule has 3 amide bonds. The first-order valence-corrected chi connectivity index (χ1v) is 16.2. The Kier molecular flexibility index (Phi) is 7.25. The zero-order valence-electron chi connectivity index (χ0n) is 22.2. The first kappa shape index (κ1) is 28.1. The first-order valence-electron chi connectivity index (χ1n) is 13.4. The van der Waals surface area contributed by atoms with E-state index in [4.69, 9.17) is 11.6 Å². The molecular weight excluding hydrogens is 670 g/mol. The van der Waals surface area contributed by atoms with Crippen molar-refractivity contribution in [3.63, 3.8) is 0 Å². The van der Waals surface area contributed by atoms with Gasteiger partial charge in [0.25, 0.3) is 0 Å². The molecule has 7 rings (SSSR count). The number of thiazole rings is 1. The summed E-state index contributed by atoms with van der Waals surface area (Å²) in [6, 6.07) is 27.6. The van der Waals surface area contributed by atoms with Gasteiger partial charge in [0.2, 0.25) is 17.7 Å². The second kappa shape index (κ2) is 11.1. The number of aromatic nitrogens is 1. The summed E-state index contributed by atoms with van der Waals surface area (Å²) in [5.41, 5.74) is 1.87. The Hall–Kier alpha value is -3.70. The molecule has 0 bridgehead atoms. The Bertz CT molecular complexity index is 2010. The van der Waals surface area contributed by atoms with Gasteiger partial charge in [-0.15, -0.1) is 0 Å². The minimum absolute atomic E-state index is 0.226. The number of amides is 3. The molecule has 3 atom stereocenters. The fraction of sp³-hybridized carbons (Fsp3) is 0.125. The molecule has 1 fully saturated rings. The van der Waals surface area contributed by atoms with Crippen molar-refractivity contribution in [1.29, 1.82) is 0 Å². The molecule has 214 valence electrons. The number of halogens is 2. The molecule has 11 heteroatoms. The van der Waals surface area contributed by atoms with Crippen LogP contribution in [0, 0.1) is 5.92 Å². The summed E-state index contributed by atoms with van der Waals surface area (Å²) in [6.45, 7) is -0.226. The van der Waals surface area contributed by atoms with E-state index >= 15 is 0 Å². The molecule has 7 nitrogen and oxygen atoms in total. The zero-order chi connectivity index (χ0) is 29.8. The number of fused-ring (bicyclic) bond motifs is 3. The Balaban J connectivity index is 1.26. The number of hydrogen-bond acceptors (Lipinski definition) is 6. The highest BCUT2D eigenvalue weighted by atomic mass is 79.9. The van der Waals surface area contributed by atoms with Gasteiger partial charge in [-0.1, -0.05) is 93.1 Å². The quantitative estimate of drug-likeness (QED) is 0.203. The van der Waals surface area contributed by atoms with E-state index in [0.29, 0.717) is 26.3 Å². The van der Waals surface area contributed by atoms with Crippen LogP contribution in [0.3, 0.4) is 0 Å². The summed E-state index contributed by atoms with van der Waals surface area (Å²) >= 11 is 11.8. The van der Waals surface area contributed by atoms with Crippen molar-refractivity contribution in [2.24, 2.45) is 5.92 Å². The van der Waals surface area contributed by atoms with Gasteiger partial charge in [0, 0.05) is 26.0 Å². The SMILES string of the molecule is O=C(Cn1c2c(sc1=O)[C@@H](c1cccc(Br)c1)[C@@H]1C(=O)N(c3ccc(Cl)cc3)C(=O)[C@@H]1S2)Nc1ccc2ccccc2c1. The van der Waals surface area contributed by atoms with Gasteiger partial charge < -0.3 is 5.32 Å². The zero-order valence-corrected chi connectivity index (χ0v) is 26.2. The molecule has 5 aromatic rings. The van der Waals surface area contributed by atoms with Crippen LogP contribution in [0.15, 0.2) is 105 Å². The van der Waals surface area contributed by atoms with E-state index in [9.17, 15) is 19.2 Å². The van der Waals surface area contributed by atoms with Gasteiger partial charge in [-0.05, 0) is 64.9 Å². The minimum Gasteiger partial charge on any atom is -0.325 e. The topological polar surface area (TPSA) is 88.5 Å². The van der Waals surface area contributed by atoms with Crippen LogP contribution in [0.4, 0.5) is 11.4 Å². The van der Waals surface area contributed by atoms with Crippen molar-refractivity contribution >= 4 is 90.5 Å². The van der Waals surface area contributed by atoms with Crippen LogP contribution in [0.1, 0.15) is 16.4 Å². The summed E-state index contributed by atoms with van der Waals surface area (Å²) in [5, 5.41) is 5.20. The van der Waals surface area contributed by atoms with E-state index in [0.717, 1.165) is 32.1 Å². The average molecular weight is 691 g/mol. The van der Waals surface area contributed by atoms with Crippen molar-refractivity contribution in [2.75, 3.05) is 10.2 Å². The number of imide groups is 1. The van der Waals surface area contributed by atoms with Crippen molar-refractivity contribution < 1.29 is 14.4 Å². The van der Waals surface area contributed by atoms with Crippen LogP contribution in [0.5, 0.6) is 0 Å². The van der Waals surface area contributed by atoms with Crippen LogP contribution < -0.4 is 15.1 Å². The number of thioether (sulfide) groups is 1. The van der Waals surface area contributed by atoms with Crippen molar-refractivity contribution in [2.45, 2.75) is 22.7 Å². The summed E-state index contributed by atoms with van der Waals surface area (Å²) < 4.78 is 2.24. The molecule has 0 unspecified atom stereocenters. The third-order valence-electron chi connectivity index (χ3n) is 7.68. The summed E-state index contributed by atoms with van der Waals surface area (Å²) in [4.78, 5) is 56.0. The van der Waals surface area contributed by atoms with E-state index in [2.05, 4.69) is 21.2 Å². The number of hydrogen-bond donors (Lipinski definition) is 1. The maximum atomic E-state index is 14.0. The summed E-state index contributed by atoms with van der Waals surface area (Å²) in [7, 11) is 0. The lowest BCUT2D eigenvalue weighted by Gasteiger charge is -2.30. The second-order valence-electron chi connectivity index (χ2n) is 10.3. The largest absolute Gasteiger partial charge is 0.325 e. The van der Waals surface area contributed by atoms with Gasteiger partial charge in [0.05, 0.1) is 16.6 Å². The first-order chi connectivity index (χ1) is 20.8. The molecule has 0 radical (unpaired) electrons. The lowest BCUT2D eigenvalue weighted by atomic mass is 9.83.